The highest BCUT2D eigenvalue weighted by molar-refractivity contribution is 5.78. The number of nitrogens with one attached hydrogen (secondary N) is 1. The zero-order valence-electron chi connectivity index (χ0n) is 17.0. The summed E-state index contributed by atoms with van der Waals surface area (Å²) in [5.41, 5.74) is 0.504. The highest BCUT2D eigenvalue weighted by Crippen LogP contribution is 2.18. The largest absolute Gasteiger partial charge is 0.353 e. The van der Waals surface area contributed by atoms with Crippen LogP contribution in [-0.4, -0.2) is 51.4 Å². The Kier molecular flexibility index (Phi) is 5.62. The number of aryl methyl sites for hydroxylation is 1. The molecule has 0 spiro atoms. The summed E-state index contributed by atoms with van der Waals surface area (Å²) >= 11 is 0. The molecular weight excluding hydrogens is 399 g/mol. The van der Waals surface area contributed by atoms with Gasteiger partial charge in [0.2, 0.25) is 5.91 Å². The van der Waals surface area contributed by atoms with Crippen molar-refractivity contribution in [1.82, 2.24) is 19.9 Å². The van der Waals surface area contributed by atoms with Crippen LogP contribution in [0.15, 0.2) is 41.3 Å². The third kappa shape index (κ3) is 4.38. The molecule has 2 aromatic heterocycles. The molecule has 3 aromatic rings. The van der Waals surface area contributed by atoms with Gasteiger partial charge in [-0.05, 0) is 37.3 Å². The summed E-state index contributed by atoms with van der Waals surface area (Å²) in [6, 6.07) is 9.46. The van der Waals surface area contributed by atoms with Crippen LogP contribution in [0.5, 0.6) is 0 Å². The quantitative estimate of drug-likeness (QED) is 0.692. The first-order chi connectivity index (χ1) is 14.9. The van der Waals surface area contributed by atoms with E-state index in [0.717, 1.165) is 11.9 Å². The van der Waals surface area contributed by atoms with Crippen LogP contribution in [0.2, 0.25) is 0 Å². The Bertz CT molecular complexity index is 1220. The number of nitrogens with zero attached hydrogens (tertiary/aromatic N) is 5. The van der Waals surface area contributed by atoms with E-state index in [-0.39, 0.29) is 23.8 Å². The number of nitriles is 1. The van der Waals surface area contributed by atoms with Crippen molar-refractivity contribution in [3.8, 4) is 6.07 Å². The second kappa shape index (κ2) is 8.52. The number of rotatable bonds is 4. The van der Waals surface area contributed by atoms with Gasteiger partial charge in [-0.15, -0.1) is 0 Å². The van der Waals surface area contributed by atoms with Crippen molar-refractivity contribution in [2.45, 2.75) is 25.8 Å². The molecule has 158 valence electrons. The van der Waals surface area contributed by atoms with Crippen molar-refractivity contribution < 1.29 is 9.18 Å². The van der Waals surface area contributed by atoms with Crippen LogP contribution in [0.25, 0.3) is 10.9 Å². The molecule has 1 aliphatic heterocycles. The van der Waals surface area contributed by atoms with Crippen LogP contribution in [0.1, 0.15) is 24.7 Å². The average molecular weight is 420 g/mol. The summed E-state index contributed by atoms with van der Waals surface area (Å²) in [6.45, 7) is 3.83. The molecule has 1 atom stereocenters. The van der Waals surface area contributed by atoms with Crippen molar-refractivity contribution in [1.29, 1.82) is 5.26 Å². The standard InChI is InChI=1S/C22H21FN6O2/c1-14-13-28(20-6-2-15(11-24)12-25-20)8-9-29(14)21(30)7-5-19-26-18-4-3-16(23)10-17(18)22(31)27-19/h2-4,6,10,12,14H,5,7-9,13H2,1H3,(H,26,27,31)/t14-/m1/s1. The molecular formula is C22H21FN6O2. The molecule has 31 heavy (non-hydrogen) atoms. The molecule has 0 saturated carbocycles. The fourth-order valence-corrected chi connectivity index (χ4v) is 3.82. The molecule has 1 aliphatic rings. The van der Waals surface area contributed by atoms with E-state index in [9.17, 15) is 14.0 Å². The lowest BCUT2D eigenvalue weighted by atomic mass is 10.1. The van der Waals surface area contributed by atoms with Gasteiger partial charge >= 0.3 is 0 Å². The zero-order valence-corrected chi connectivity index (χ0v) is 17.0. The number of aromatic nitrogens is 3. The van der Waals surface area contributed by atoms with E-state index < -0.39 is 11.4 Å². The van der Waals surface area contributed by atoms with Gasteiger partial charge in [-0.25, -0.2) is 14.4 Å². The van der Waals surface area contributed by atoms with E-state index in [0.29, 0.717) is 43.0 Å². The predicted octanol–water partition coefficient (Wildman–Crippen LogP) is 2.00. The number of fused-ring (bicyclic) bond motifs is 1. The molecule has 0 radical (unpaired) electrons. The lowest BCUT2D eigenvalue weighted by molar-refractivity contribution is -0.133. The third-order valence-electron chi connectivity index (χ3n) is 5.44. The Labute approximate surface area is 178 Å². The van der Waals surface area contributed by atoms with E-state index in [2.05, 4.69) is 25.9 Å². The molecule has 0 unspecified atom stereocenters. The van der Waals surface area contributed by atoms with E-state index in [1.54, 1.807) is 12.3 Å². The Morgan fingerprint density at radius 1 is 1.32 bits per heavy atom. The Morgan fingerprint density at radius 3 is 2.87 bits per heavy atom. The van der Waals surface area contributed by atoms with Crippen molar-refractivity contribution >= 4 is 22.6 Å². The number of aromatic amines is 1. The van der Waals surface area contributed by atoms with Crippen LogP contribution in [0, 0.1) is 17.1 Å². The Balaban J connectivity index is 1.38. The molecule has 0 aliphatic carbocycles. The van der Waals surface area contributed by atoms with Crippen molar-refractivity contribution in [3.63, 3.8) is 0 Å². The second-order valence-corrected chi connectivity index (χ2v) is 7.57. The van der Waals surface area contributed by atoms with Gasteiger partial charge < -0.3 is 14.8 Å². The summed E-state index contributed by atoms with van der Waals surface area (Å²) in [4.78, 5) is 40.2. The minimum Gasteiger partial charge on any atom is -0.353 e. The fourth-order valence-electron chi connectivity index (χ4n) is 3.82. The van der Waals surface area contributed by atoms with E-state index in [4.69, 9.17) is 5.26 Å². The number of pyridine rings is 1. The van der Waals surface area contributed by atoms with Crippen molar-refractivity contribution in [2.75, 3.05) is 24.5 Å². The maximum atomic E-state index is 13.3. The summed E-state index contributed by atoms with van der Waals surface area (Å²) in [6.07, 6.45) is 2.06. The third-order valence-corrected chi connectivity index (χ3v) is 5.44. The smallest absolute Gasteiger partial charge is 0.258 e. The first-order valence-electron chi connectivity index (χ1n) is 10.0. The predicted molar refractivity (Wildman–Crippen MR) is 113 cm³/mol. The highest BCUT2D eigenvalue weighted by Gasteiger charge is 2.27. The monoisotopic (exact) mass is 420 g/mol. The fraction of sp³-hybridized carbons (Fsp3) is 0.318. The molecule has 1 saturated heterocycles. The number of benzene rings is 1. The molecule has 8 nitrogen and oxygen atoms in total. The van der Waals surface area contributed by atoms with E-state index in [1.165, 1.54) is 12.1 Å². The minimum atomic E-state index is -0.493. The van der Waals surface area contributed by atoms with Crippen LogP contribution in [-0.2, 0) is 11.2 Å². The van der Waals surface area contributed by atoms with Crippen molar-refractivity contribution in [3.05, 3.63) is 64.1 Å². The SMILES string of the molecule is C[C@@H]1CN(c2ccc(C#N)cn2)CCN1C(=O)CCc1nc2ccc(F)cc2c(=O)[nH]1. The van der Waals surface area contributed by atoms with E-state index >= 15 is 0 Å². The summed E-state index contributed by atoms with van der Waals surface area (Å²) in [5.74, 6) is 0.687. The molecule has 1 fully saturated rings. The summed E-state index contributed by atoms with van der Waals surface area (Å²) in [5, 5.41) is 9.09. The van der Waals surface area contributed by atoms with Crippen LogP contribution in [0.3, 0.4) is 0 Å². The van der Waals surface area contributed by atoms with Gasteiger partial charge in [-0.1, -0.05) is 0 Å². The number of anilines is 1. The maximum Gasteiger partial charge on any atom is 0.258 e. The van der Waals surface area contributed by atoms with Gasteiger partial charge in [-0.2, -0.15) is 5.26 Å². The number of carbonyl (C=O) groups is 1. The zero-order chi connectivity index (χ0) is 22.0. The summed E-state index contributed by atoms with van der Waals surface area (Å²) in [7, 11) is 0. The first-order valence-corrected chi connectivity index (χ1v) is 10.0. The number of amides is 1. The van der Waals surface area contributed by atoms with Gasteiger partial charge in [0.1, 0.15) is 23.5 Å². The molecule has 9 heteroatoms. The second-order valence-electron chi connectivity index (χ2n) is 7.57. The van der Waals surface area contributed by atoms with Crippen molar-refractivity contribution in [2.24, 2.45) is 0 Å². The number of hydrogen-bond acceptors (Lipinski definition) is 6. The van der Waals surface area contributed by atoms with E-state index in [1.807, 2.05) is 17.9 Å². The van der Waals surface area contributed by atoms with Gasteiger partial charge in [-0.3, -0.25) is 9.59 Å². The van der Waals surface area contributed by atoms with Crippen LogP contribution >= 0.6 is 0 Å². The van der Waals surface area contributed by atoms with Crippen LogP contribution < -0.4 is 10.5 Å². The maximum absolute atomic E-state index is 13.3. The minimum absolute atomic E-state index is 0.00900. The Morgan fingerprint density at radius 2 is 2.16 bits per heavy atom. The molecule has 4 rings (SSSR count). The lowest BCUT2D eigenvalue weighted by Gasteiger charge is -2.40. The van der Waals surface area contributed by atoms with Gasteiger partial charge in [0.25, 0.3) is 5.56 Å². The molecule has 0 bridgehead atoms. The molecule has 1 amide bonds. The summed E-state index contributed by atoms with van der Waals surface area (Å²) < 4.78 is 13.3. The number of hydrogen-bond donors (Lipinski definition) is 1. The van der Waals surface area contributed by atoms with Gasteiger partial charge in [0, 0.05) is 44.7 Å². The Hall–Kier alpha value is -3.80. The highest BCUT2D eigenvalue weighted by atomic mass is 19.1. The number of piperazine rings is 1. The first kappa shape index (κ1) is 20.5. The topological polar surface area (TPSA) is 106 Å². The van der Waals surface area contributed by atoms with Crippen LogP contribution in [0.4, 0.5) is 10.2 Å². The molecule has 3 heterocycles. The van der Waals surface area contributed by atoms with Gasteiger partial charge in [0.15, 0.2) is 0 Å². The van der Waals surface area contributed by atoms with Gasteiger partial charge in [0.05, 0.1) is 16.5 Å². The average Bonchev–Trinajstić information content (AvgIpc) is 2.78. The lowest BCUT2D eigenvalue weighted by Crippen LogP contribution is -2.54. The number of halogens is 1. The normalized spacial score (nSPS) is 16.4. The number of carbonyl (C=O) groups excluding carboxylic acids is 1. The molecule has 1 N–H and O–H groups in total. The number of H-pyrrole nitrogens is 1. The molecule has 1 aromatic carbocycles.